The van der Waals surface area contributed by atoms with Gasteiger partial charge in [0, 0.05) is 6.04 Å². The molecule has 0 saturated carbocycles. The zero-order chi connectivity index (χ0) is 15.6. The zero-order valence-corrected chi connectivity index (χ0v) is 13.6. The normalized spacial score (nSPS) is 13.3. The molecule has 0 aliphatic heterocycles. The minimum absolute atomic E-state index is 0.0328. The highest BCUT2D eigenvalue weighted by atomic mass is 16.3. The second-order valence-corrected chi connectivity index (χ2v) is 6.10. The minimum atomic E-state index is 0.0328. The highest BCUT2D eigenvalue weighted by Crippen LogP contribution is 2.27. The lowest BCUT2D eigenvalue weighted by Crippen LogP contribution is -2.23. The van der Waals surface area contributed by atoms with Crippen LogP contribution in [0.25, 0.3) is 11.2 Å². The maximum Gasteiger partial charge on any atom is 0.162 e. The van der Waals surface area contributed by atoms with Crippen LogP contribution in [-0.2, 0) is 0 Å². The Morgan fingerprint density at radius 3 is 2.52 bits per heavy atom. The Balaban J connectivity index is 2.54. The molecule has 2 aromatic heterocycles. The van der Waals surface area contributed by atoms with Crippen LogP contribution in [0.15, 0.2) is 12.4 Å². The number of hydrogen-bond donors (Lipinski definition) is 2. The Bertz CT molecular complexity index is 600. The van der Waals surface area contributed by atoms with Crippen molar-refractivity contribution in [3.8, 4) is 0 Å². The standard InChI is InChI=1S/C16H26N4O/c1-6-12(8-21)18-14-7-13(10(2)3)15-16(19-14)20(9-17-15)11(4)5/h7,9-12,21H,6,8H2,1-5H3,(H,18,19)/t12-/m1/s1. The van der Waals surface area contributed by atoms with E-state index in [2.05, 4.69) is 48.6 Å². The average Bonchev–Trinajstić information content (AvgIpc) is 2.87. The predicted octanol–water partition coefficient (Wildman–Crippen LogP) is 3.32. The topological polar surface area (TPSA) is 63.0 Å². The molecule has 2 aromatic rings. The molecule has 0 radical (unpaired) electrons. The number of aliphatic hydroxyl groups is 1. The molecule has 0 spiro atoms. The zero-order valence-electron chi connectivity index (χ0n) is 13.6. The summed E-state index contributed by atoms with van der Waals surface area (Å²) < 4.78 is 2.09. The van der Waals surface area contributed by atoms with E-state index in [0.29, 0.717) is 12.0 Å². The molecule has 1 atom stereocenters. The van der Waals surface area contributed by atoms with Crippen molar-refractivity contribution in [2.45, 2.75) is 59.0 Å². The molecule has 116 valence electrons. The van der Waals surface area contributed by atoms with Gasteiger partial charge in [-0.1, -0.05) is 20.8 Å². The van der Waals surface area contributed by atoms with E-state index >= 15 is 0 Å². The van der Waals surface area contributed by atoms with Crippen LogP contribution in [0, 0.1) is 0 Å². The van der Waals surface area contributed by atoms with Crippen LogP contribution < -0.4 is 5.32 Å². The van der Waals surface area contributed by atoms with Crippen LogP contribution >= 0.6 is 0 Å². The van der Waals surface area contributed by atoms with Crippen LogP contribution in [0.5, 0.6) is 0 Å². The summed E-state index contributed by atoms with van der Waals surface area (Å²) in [5.74, 6) is 1.19. The van der Waals surface area contributed by atoms with Gasteiger partial charge >= 0.3 is 0 Å². The summed E-state index contributed by atoms with van der Waals surface area (Å²) in [6, 6.07) is 2.41. The molecule has 5 nitrogen and oxygen atoms in total. The highest BCUT2D eigenvalue weighted by molar-refractivity contribution is 5.78. The molecule has 0 fully saturated rings. The van der Waals surface area contributed by atoms with Crippen molar-refractivity contribution in [3.05, 3.63) is 18.0 Å². The maximum absolute atomic E-state index is 9.37. The summed E-state index contributed by atoms with van der Waals surface area (Å²) in [6.45, 7) is 10.7. The van der Waals surface area contributed by atoms with Crippen LogP contribution in [0.2, 0.25) is 0 Å². The molecule has 0 aliphatic rings. The third kappa shape index (κ3) is 3.18. The first-order chi connectivity index (χ1) is 9.97. The van der Waals surface area contributed by atoms with E-state index in [4.69, 9.17) is 4.98 Å². The van der Waals surface area contributed by atoms with Gasteiger partial charge in [-0.15, -0.1) is 0 Å². The van der Waals surface area contributed by atoms with E-state index in [9.17, 15) is 5.11 Å². The van der Waals surface area contributed by atoms with Gasteiger partial charge in [0.15, 0.2) is 5.65 Å². The molecule has 0 amide bonds. The number of aliphatic hydroxyl groups excluding tert-OH is 1. The van der Waals surface area contributed by atoms with Gasteiger partial charge in [-0.2, -0.15) is 0 Å². The van der Waals surface area contributed by atoms with Crippen molar-refractivity contribution in [2.75, 3.05) is 11.9 Å². The molecule has 0 saturated heterocycles. The molecule has 0 unspecified atom stereocenters. The molecule has 0 aromatic carbocycles. The molecular weight excluding hydrogens is 264 g/mol. The monoisotopic (exact) mass is 290 g/mol. The van der Waals surface area contributed by atoms with Gasteiger partial charge in [0.1, 0.15) is 11.3 Å². The summed E-state index contributed by atoms with van der Waals surface area (Å²) in [6.07, 6.45) is 2.72. The lowest BCUT2D eigenvalue weighted by Gasteiger charge is -2.17. The first-order valence-electron chi connectivity index (χ1n) is 7.72. The molecule has 21 heavy (non-hydrogen) atoms. The average molecular weight is 290 g/mol. The van der Waals surface area contributed by atoms with E-state index in [-0.39, 0.29) is 12.6 Å². The Morgan fingerprint density at radius 2 is 2.00 bits per heavy atom. The number of rotatable bonds is 6. The number of pyridine rings is 1. The quantitative estimate of drug-likeness (QED) is 0.856. The summed E-state index contributed by atoms with van der Waals surface area (Å²) in [7, 11) is 0. The Morgan fingerprint density at radius 1 is 1.29 bits per heavy atom. The van der Waals surface area contributed by atoms with Crippen molar-refractivity contribution < 1.29 is 5.11 Å². The second kappa shape index (κ2) is 6.43. The number of anilines is 1. The molecular formula is C16H26N4O. The Kier molecular flexibility index (Phi) is 4.83. The van der Waals surface area contributed by atoms with Crippen LogP contribution in [0.1, 0.15) is 58.6 Å². The van der Waals surface area contributed by atoms with Crippen LogP contribution in [-0.4, -0.2) is 32.3 Å². The van der Waals surface area contributed by atoms with Crippen LogP contribution in [0.3, 0.4) is 0 Å². The SMILES string of the molecule is CC[C@H](CO)Nc1cc(C(C)C)c2ncn(C(C)C)c2n1. The van der Waals surface area contributed by atoms with Gasteiger partial charge < -0.3 is 15.0 Å². The summed E-state index contributed by atoms with van der Waals surface area (Å²) in [5.41, 5.74) is 3.07. The summed E-state index contributed by atoms with van der Waals surface area (Å²) in [4.78, 5) is 9.26. The van der Waals surface area contributed by atoms with Crippen molar-refractivity contribution in [3.63, 3.8) is 0 Å². The third-order valence-electron chi connectivity index (χ3n) is 3.80. The molecule has 0 aliphatic carbocycles. The Hall–Kier alpha value is -1.62. The predicted molar refractivity (Wildman–Crippen MR) is 86.8 cm³/mol. The van der Waals surface area contributed by atoms with E-state index in [0.717, 1.165) is 23.4 Å². The fraction of sp³-hybridized carbons (Fsp3) is 0.625. The van der Waals surface area contributed by atoms with Crippen LogP contribution in [0.4, 0.5) is 5.82 Å². The lowest BCUT2D eigenvalue weighted by molar-refractivity contribution is 0.271. The number of aromatic nitrogens is 3. The number of hydrogen-bond acceptors (Lipinski definition) is 4. The number of fused-ring (bicyclic) bond motifs is 1. The Labute approximate surface area is 126 Å². The smallest absolute Gasteiger partial charge is 0.162 e. The molecule has 2 N–H and O–H groups in total. The van der Waals surface area contributed by atoms with E-state index < -0.39 is 0 Å². The summed E-state index contributed by atoms with van der Waals surface area (Å²) in [5, 5.41) is 12.7. The van der Waals surface area contributed by atoms with Crippen molar-refractivity contribution >= 4 is 17.0 Å². The fourth-order valence-corrected chi connectivity index (χ4v) is 2.41. The fourth-order valence-electron chi connectivity index (χ4n) is 2.41. The molecule has 2 rings (SSSR count). The molecule has 0 bridgehead atoms. The number of nitrogens with one attached hydrogen (secondary N) is 1. The second-order valence-electron chi connectivity index (χ2n) is 6.10. The molecule has 5 heteroatoms. The first-order valence-corrected chi connectivity index (χ1v) is 7.72. The third-order valence-corrected chi connectivity index (χ3v) is 3.80. The van der Waals surface area contributed by atoms with Gasteiger partial charge in [0.25, 0.3) is 0 Å². The maximum atomic E-state index is 9.37. The van der Waals surface area contributed by atoms with Gasteiger partial charge in [-0.25, -0.2) is 9.97 Å². The van der Waals surface area contributed by atoms with Gasteiger partial charge in [0.05, 0.1) is 19.0 Å². The van der Waals surface area contributed by atoms with E-state index in [1.54, 1.807) is 0 Å². The first kappa shape index (κ1) is 15.8. The van der Waals surface area contributed by atoms with Gasteiger partial charge in [0.2, 0.25) is 0 Å². The summed E-state index contributed by atoms with van der Waals surface area (Å²) >= 11 is 0. The van der Waals surface area contributed by atoms with E-state index in [1.165, 1.54) is 5.56 Å². The van der Waals surface area contributed by atoms with E-state index in [1.807, 2.05) is 13.3 Å². The van der Waals surface area contributed by atoms with Gasteiger partial charge in [-0.05, 0) is 37.8 Å². The minimum Gasteiger partial charge on any atom is -0.394 e. The lowest BCUT2D eigenvalue weighted by atomic mass is 10.0. The highest BCUT2D eigenvalue weighted by Gasteiger charge is 2.16. The van der Waals surface area contributed by atoms with Gasteiger partial charge in [-0.3, -0.25) is 0 Å². The van der Waals surface area contributed by atoms with Crippen molar-refractivity contribution in [1.29, 1.82) is 0 Å². The van der Waals surface area contributed by atoms with Crippen molar-refractivity contribution in [1.82, 2.24) is 14.5 Å². The molecule has 2 heterocycles. The number of imidazole rings is 1. The van der Waals surface area contributed by atoms with Crippen molar-refractivity contribution in [2.24, 2.45) is 0 Å². The largest absolute Gasteiger partial charge is 0.394 e. The number of nitrogens with zero attached hydrogens (tertiary/aromatic N) is 3.